The summed E-state index contributed by atoms with van der Waals surface area (Å²) < 4.78 is 19.3. The molecule has 0 aliphatic heterocycles. The number of hydrogen-bond acceptors (Lipinski definition) is 4. The highest BCUT2D eigenvalue weighted by Gasteiger charge is 2.21. The predicted molar refractivity (Wildman–Crippen MR) is 71.1 cm³/mol. The van der Waals surface area contributed by atoms with Crippen molar-refractivity contribution < 1.29 is 9.13 Å². The van der Waals surface area contributed by atoms with Crippen LogP contribution in [0, 0.1) is 12.7 Å². The summed E-state index contributed by atoms with van der Waals surface area (Å²) in [5.41, 5.74) is 4.65. The maximum atomic E-state index is 14.3. The van der Waals surface area contributed by atoms with Crippen LogP contribution in [0.1, 0.15) is 22.9 Å². The first-order valence-corrected chi connectivity index (χ1v) is 5.89. The number of ether oxygens (including phenoxy) is 1. The van der Waals surface area contributed by atoms with Crippen LogP contribution in [0.15, 0.2) is 36.5 Å². The molecule has 0 radical (unpaired) electrons. The number of hydrogen-bond donors (Lipinski definition) is 2. The van der Waals surface area contributed by atoms with Crippen molar-refractivity contribution in [3.63, 3.8) is 0 Å². The van der Waals surface area contributed by atoms with Gasteiger partial charge in [0.15, 0.2) is 11.6 Å². The molecular formula is C14H16FN3O. The second-order valence-corrected chi connectivity index (χ2v) is 4.17. The number of aryl methyl sites for hydroxylation is 1. The molecule has 1 unspecified atom stereocenters. The molecule has 1 aromatic carbocycles. The predicted octanol–water partition coefficient (Wildman–Crippen LogP) is 2.09. The van der Waals surface area contributed by atoms with Gasteiger partial charge < -0.3 is 4.74 Å². The van der Waals surface area contributed by atoms with E-state index in [-0.39, 0.29) is 5.75 Å². The number of halogens is 1. The maximum absolute atomic E-state index is 14.3. The fraction of sp³-hybridized carbons (Fsp3) is 0.214. The number of benzene rings is 1. The van der Waals surface area contributed by atoms with Crippen LogP contribution in [0.3, 0.4) is 0 Å². The number of nitrogens with two attached hydrogens (primary N) is 1. The third-order valence-electron chi connectivity index (χ3n) is 3.01. The molecular weight excluding hydrogens is 245 g/mol. The van der Waals surface area contributed by atoms with Gasteiger partial charge in [-0.1, -0.05) is 18.2 Å². The molecule has 3 N–H and O–H groups in total. The molecule has 0 aliphatic carbocycles. The van der Waals surface area contributed by atoms with Crippen LogP contribution < -0.4 is 16.0 Å². The molecule has 1 atom stereocenters. The summed E-state index contributed by atoms with van der Waals surface area (Å²) in [5.74, 6) is 5.32. The van der Waals surface area contributed by atoms with Crippen LogP contribution in [0.4, 0.5) is 4.39 Å². The summed E-state index contributed by atoms with van der Waals surface area (Å²) in [7, 11) is 1.43. The molecule has 0 bridgehead atoms. The van der Waals surface area contributed by atoms with Gasteiger partial charge in [-0.25, -0.2) is 9.82 Å². The fourth-order valence-electron chi connectivity index (χ4n) is 2.02. The molecule has 0 saturated heterocycles. The SMILES string of the molecule is COc1cccc(C(NN)c2ncccc2C)c1F. The highest BCUT2D eigenvalue weighted by atomic mass is 19.1. The van der Waals surface area contributed by atoms with Gasteiger partial charge in [-0.15, -0.1) is 0 Å². The Balaban J connectivity index is 2.52. The molecule has 0 saturated carbocycles. The Morgan fingerprint density at radius 1 is 1.32 bits per heavy atom. The van der Waals surface area contributed by atoms with Gasteiger partial charge >= 0.3 is 0 Å². The molecule has 1 aromatic heterocycles. The van der Waals surface area contributed by atoms with Crippen LogP contribution in [-0.2, 0) is 0 Å². The highest BCUT2D eigenvalue weighted by Crippen LogP contribution is 2.29. The molecule has 0 fully saturated rings. The Labute approximate surface area is 111 Å². The second kappa shape index (κ2) is 5.77. The van der Waals surface area contributed by atoms with Crippen LogP contribution in [-0.4, -0.2) is 12.1 Å². The van der Waals surface area contributed by atoms with Crippen molar-refractivity contribution in [3.05, 3.63) is 59.2 Å². The molecule has 2 aromatic rings. The van der Waals surface area contributed by atoms with Gasteiger partial charge in [0.25, 0.3) is 0 Å². The summed E-state index contributed by atoms with van der Waals surface area (Å²) in [6, 6.07) is 8.17. The minimum atomic E-state index is -0.517. The van der Waals surface area contributed by atoms with E-state index < -0.39 is 11.9 Å². The summed E-state index contributed by atoms with van der Waals surface area (Å²) >= 11 is 0. The van der Waals surface area contributed by atoms with E-state index in [1.807, 2.05) is 19.1 Å². The van der Waals surface area contributed by atoms with E-state index in [4.69, 9.17) is 10.6 Å². The number of methoxy groups -OCH3 is 1. The van der Waals surface area contributed by atoms with Crippen LogP contribution >= 0.6 is 0 Å². The van der Waals surface area contributed by atoms with Crippen LogP contribution in [0.5, 0.6) is 5.75 Å². The van der Waals surface area contributed by atoms with Crippen LogP contribution in [0.25, 0.3) is 0 Å². The average Bonchev–Trinajstić information content (AvgIpc) is 2.43. The Morgan fingerprint density at radius 2 is 2.11 bits per heavy atom. The van der Waals surface area contributed by atoms with Gasteiger partial charge in [-0.2, -0.15) is 0 Å². The Morgan fingerprint density at radius 3 is 2.74 bits per heavy atom. The molecule has 19 heavy (non-hydrogen) atoms. The summed E-state index contributed by atoms with van der Waals surface area (Å²) in [4.78, 5) is 4.27. The first-order chi connectivity index (χ1) is 9.19. The zero-order valence-corrected chi connectivity index (χ0v) is 10.9. The van der Waals surface area contributed by atoms with E-state index in [9.17, 15) is 4.39 Å². The van der Waals surface area contributed by atoms with E-state index in [1.165, 1.54) is 7.11 Å². The van der Waals surface area contributed by atoms with Crippen molar-refractivity contribution in [2.45, 2.75) is 13.0 Å². The van der Waals surface area contributed by atoms with Crippen molar-refractivity contribution in [2.75, 3.05) is 7.11 Å². The first kappa shape index (κ1) is 13.5. The molecule has 2 rings (SSSR count). The minimum Gasteiger partial charge on any atom is -0.494 e. The molecule has 1 heterocycles. The lowest BCUT2D eigenvalue weighted by molar-refractivity contribution is 0.381. The van der Waals surface area contributed by atoms with Gasteiger partial charge in [0.05, 0.1) is 18.8 Å². The van der Waals surface area contributed by atoms with Crippen LogP contribution in [0.2, 0.25) is 0 Å². The number of nitrogens with zero attached hydrogens (tertiary/aromatic N) is 1. The fourth-order valence-corrected chi connectivity index (χ4v) is 2.02. The summed E-state index contributed by atoms with van der Waals surface area (Å²) in [5, 5.41) is 0. The lowest BCUT2D eigenvalue weighted by Gasteiger charge is -2.19. The third kappa shape index (κ3) is 2.57. The third-order valence-corrected chi connectivity index (χ3v) is 3.01. The topological polar surface area (TPSA) is 60.2 Å². The Bertz CT molecular complexity index is 574. The zero-order chi connectivity index (χ0) is 13.8. The maximum Gasteiger partial charge on any atom is 0.170 e. The quantitative estimate of drug-likeness (QED) is 0.653. The lowest BCUT2D eigenvalue weighted by atomic mass is 9.99. The normalized spacial score (nSPS) is 12.2. The van der Waals surface area contributed by atoms with Crippen molar-refractivity contribution in [1.29, 1.82) is 0 Å². The molecule has 0 aliphatic rings. The number of nitrogens with one attached hydrogen (secondary N) is 1. The molecule has 0 spiro atoms. The highest BCUT2D eigenvalue weighted by molar-refractivity contribution is 5.38. The average molecular weight is 261 g/mol. The van der Waals surface area contributed by atoms with Gasteiger partial charge in [0.2, 0.25) is 0 Å². The number of aromatic nitrogens is 1. The van der Waals surface area contributed by atoms with Gasteiger partial charge in [0, 0.05) is 11.8 Å². The van der Waals surface area contributed by atoms with E-state index in [2.05, 4.69) is 10.4 Å². The largest absolute Gasteiger partial charge is 0.494 e. The van der Waals surface area contributed by atoms with E-state index >= 15 is 0 Å². The number of pyridine rings is 1. The molecule has 0 amide bonds. The van der Waals surface area contributed by atoms with E-state index in [1.54, 1.807) is 24.4 Å². The summed E-state index contributed by atoms with van der Waals surface area (Å²) in [6.07, 6.45) is 1.66. The first-order valence-electron chi connectivity index (χ1n) is 5.89. The van der Waals surface area contributed by atoms with E-state index in [0.717, 1.165) is 5.56 Å². The lowest BCUT2D eigenvalue weighted by Crippen LogP contribution is -2.30. The van der Waals surface area contributed by atoms with Gasteiger partial charge in [0.1, 0.15) is 0 Å². The van der Waals surface area contributed by atoms with Crippen molar-refractivity contribution >= 4 is 0 Å². The number of hydrazine groups is 1. The van der Waals surface area contributed by atoms with Crippen molar-refractivity contribution in [3.8, 4) is 5.75 Å². The zero-order valence-electron chi connectivity index (χ0n) is 10.9. The molecule has 100 valence electrons. The standard InChI is InChI=1S/C14H16FN3O/c1-9-5-4-8-17-13(9)14(18-16)10-6-3-7-11(19-2)12(10)15/h3-8,14,18H,16H2,1-2H3. The summed E-state index contributed by atoms with van der Waals surface area (Å²) in [6.45, 7) is 1.91. The molecule has 4 nitrogen and oxygen atoms in total. The Hall–Kier alpha value is -1.98. The number of rotatable bonds is 4. The van der Waals surface area contributed by atoms with E-state index in [0.29, 0.717) is 11.3 Å². The molecule has 5 heteroatoms. The van der Waals surface area contributed by atoms with Crippen molar-refractivity contribution in [1.82, 2.24) is 10.4 Å². The minimum absolute atomic E-state index is 0.186. The second-order valence-electron chi connectivity index (χ2n) is 4.17. The Kier molecular flexibility index (Phi) is 4.09. The van der Waals surface area contributed by atoms with Crippen molar-refractivity contribution in [2.24, 2.45) is 5.84 Å². The van der Waals surface area contributed by atoms with Gasteiger partial charge in [-0.3, -0.25) is 10.8 Å². The van der Waals surface area contributed by atoms with Gasteiger partial charge in [-0.05, 0) is 24.6 Å². The monoisotopic (exact) mass is 261 g/mol. The smallest absolute Gasteiger partial charge is 0.170 e.